The highest BCUT2D eigenvalue weighted by Gasteiger charge is 2.33. The Morgan fingerprint density at radius 3 is 2.50 bits per heavy atom. The molecule has 8 nitrogen and oxygen atoms in total. The van der Waals surface area contributed by atoms with Gasteiger partial charge in [-0.3, -0.25) is 19.8 Å². The molecule has 0 saturated carbocycles. The normalized spacial score (nSPS) is 15.6. The van der Waals surface area contributed by atoms with Crippen molar-refractivity contribution in [3.63, 3.8) is 0 Å². The summed E-state index contributed by atoms with van der Waals surface area (Å²) in [5.41, 5.74) is 2.37. The summed E-state index contributed by atoms with van der Waals surface area (Å²) in [5, 5.41) is 14.2. The second kappa shape index (κ2) is 9.69. The number of para-hydroxylation sites is 1. The molecule has 1 unspecified atom stereocenters. The van der Waals surface area contributed by atoms with E-state index in [9.17, 15) is 19.5 Å². The number of benzodiazepines with no additional fused rings is 1. The molecule has 2 aromatic carbocycles. The van der Waals surface area contributed by atoms with Gasteiger partial charge in [-0.15, -0.1) is 0 Å². The molecule has 0 aromatic heterocycles. The summed E-state index contributed by atoms with van der Waals surface area (Å²) in [5.74, 6) is -0.926. The number of carbonyl (C=O) groups excluding carboxylic acids is 2. The van der Waals surface area contributed by atoms with Crippen molar-refractivity contribution in [1.29, 1.82) is 0 Å². The summed E-state index contributed by atoms with van der Waals surface area (Å²) >= 11 is 0. The van der Waals surface area contributed by atoms with Crippen LogP contribution in [0.4, 0.5) is 10.5 Å². The molecule has 3 rings (SSSR count). The molecule has 3 N–H and O–H groups in total. The van der Waals surface area contributed by atoms with Crippen LogP contribution >= 0.6 is 0 Å². The van der Waals surface area contributed by atoms with E-state index in [-0.39, 0.29) is 12.5 Å². The van der Waals surface area contributed by atoms with Crippen LogP contribution in [0.5, 0.6) is 0 Å². The van der Waals surface area contributed by atoms with Crippen LogP contribution in [-0.4, -0.2) is 48.0 Å². The standard InChI is InChI=1S/C22H24N4O4/c1-2-3-13-23-18(27)14-26-17-12-8-7-11-16(17)19(15-9-5-4-6-10-15)24-20(21(26)28)25-22(29)30/h4-12,20,25H,2-3,13-14H2,1H3,(H,23,27)(H,29,30). The molecule has 1 aliphatic rings. The lowest BCUT2D eigenvalue weighted by molar-refractivity contribution is -0.124. The maximum Gasteiger partial charge on any atom is 0.406 e. The van der Waals surface area contributed by atoms with E-state index in [1.165, 1.54) is 4.90 Å². The van der Waals surface area contributed by atoms with Crippen molar-refractivity contribution >= 4 is 29.3 Å². The molecule has 0 bridgehead atoms. The topological polar surface area (TPSA) is 111 Å². The molecule has 1 aliphatic heterocycles. The molecule has 156 valence electrons. The molecule has 0 saturated heterocycles. The number of nitrogens with one attached hydrogen (secondary N) is 2. The number of anilines is 1. The average molecular weight is 408 g/mol. The molecule has 8 heteroatoms. The maximum atomic E-state index is 13.2. The highest BCUT2D eigenvalue weighted by atomic mass is 16.4. The van der Waals surface area contributed by atoms with Gasteiger partial charge in [-0.1, -0.05) is 61.9 Å². The van der Waals surface area contributed by atoms with Crippen molar-refractivity contribution in [2.75, 3.05) is 18.0 Å². The van der Waals surface area contributed by atoms with Crippen LogP contribution in [0.15, 0.2) is 59.6 Å². The van der Waals surface area contributed by atoms with E-state index in [2.05, 4.69) is 15.6 Å². The number of aliphatic imine (C=N–C) groups is 1. The van der Waals surface area contributed by atoms with E-state index in [0.29, 0.717) is 23.5 Å². The summed E-state index contributed by atoms with van der Waals surface area (Å²) in [6, 6.07) is 16.3. The third-order valence-corrected chi connectivity index (χ3v) is 4.67. The van der Waals surface area contributed by atoms with Crippen LogP contribution in [0.3, 0.4) is 0 Å². The Hall–Kier alpha value is -3.68. The summed E-state index contributed by atoms with van der Waals surface area (Å²) in [6.45, 7) is 2.31. The molecular formula is C22H24N4O4. The molecular weight excluding hydrogens is 384 g/mol. The van der Waals surface area contributed by atoms with Gasteiger partial charge in [0.1, 0.15) is 6.54 Å². The number of benzene rings is 2. The molecule has 0 radical (unpaired) electrons. The van der Waals surface area contributed by atoms with Gasteiger partial charge in [0, 0.05) is 17.7 Å². The first-order chi connectivity index (χ1) is 14.5. The van der Waals surface area contributed by atoms with E-state index < -0.39 is 18.2 Å². The molecule has 0 aliphatic carbocycles. The van der Waals surface area contributed by atoms with Crippen LogP contribution in [-0.2, 0) is 9.59 Å². The van der Waals surface area contributed by atoms with Gasteiger partial charge in [-0.25, -0.2) is 9.79 Å². The largest absolute Gasteiger partial charge is 0.465 e. The van der Waals surface area contributed by atoms with Crippen molar-refractivity contribution in [2.45, 2.75) is 25.9 Å². The van der Waals surface area contributed by atoms with Crippen LogP contribution in [0.1, 0.15) is 30.9 Å². The number of carboxylic acid groups (broad SMARTS) is 1. The minimum atomic E-state index is -1.37. The molecule has 1 heterocycles. The summed E-state index contributed by atoms with van der Waals surface area (Å²) in [7, 11) is 0. The number of carbonyl (C=O) groups is 3. The fourth-order valence-electron chi connectivity index (χ4n) is 3.23. The van der Waals surface area contributed by atoms with E-state index in [1.54, 1.807) is 18.2 Å². The quantitative estimate of drug-likeness (QED) is 0.611. The lowest BCUT2D eigenvalue weighted by Crippen LogP contribution is -2.50. The van der Waals surface area contributed by atoms with E-state index >= 15 is 0 Å². The van der Waals surface area contributed by atoms with E-state index in [1.807, 2.05) is 43.3 Å². The molecule has 2 aromatic rings. The smallest absolute Gasteiger partial charge is 0.406 e. The highest BCUT2D eigenvalue weighted by molar-refractivity contribution is 6.20. The first kappa shape index (κ1) is 21.0. The van der Waals surface area contributed by atoms with Crippen molar-refractivity contribution in [3.8, 4) is 0 Å². The van der Waals surface area contributed by atoms with Crippen LogP contribution < -0.4 is 15.5 Å². The van der Waals surface area contributed by atoms with E-state index in [0.717, 1.165) is 18.4 Å². The van der Waals surface area contributed by atoms with Gasteiger partial charge < -0.3 is 10.4 Å². The van der Waals surface area contributed by atoms with Crippen LogP contribution in [0.2, 0.25) is 0 Å². The van der Waals surface area contributed by atoms with Crippen molar-refractivity contribution in [3.05, 3.63) is 65.7 Å². The maximum absolute atomic E-state index is 13.2. The summed E-state index contributed by atoms with van der Waals surface area (Å²) in [4.78, 5) is 42.7. The molecule has 1 atom stereocenters. The Kier molecular flexibility index (Phi) is 6.79. The fourth-order valence-corrected chi connectivity index (χ4v) is 3.23. The zero-order chi connectivity index (χ0) is 21.5. The van der Waals surface area contributed by atoms with Gasteiger partial charge in [0.05, 0.1) is 11.4 Å². The minimum Gasteiger partial charge on any atom is -0.465 e. The van der Waals surface area contributed by atoms with Gasteiger partial charge in [0.15, 0.2) is 0 Å². The van der Waals surface area contributed by atoms with Crippen molar-refractivity contribution in [1.82, 2.24) is 10.6 Å². The highest BCUT2D eigenvalue weighted by Crippen LogP contribution is 2.28. The number of amides is 3. The molecule has 30 heavy (non-hydrogen) atoms. The molecule has 0 fully saturated rings. The number of unbranched alkanes of at least 4 members (excludes halogenated alkanes) is 1. The second-order valence-electron chi connectivity index (χ2n) is 6.84. The predicted octanol–water partition coefficient (Wildman–Crippen LogP) is 2.38. The van der Waals surface area contributed by atoms with Gasteiger partial charge in [-0.05, 0) is 12.5 Å². The zero-order valence-electron chi connectivity index (χ0n) is 16.7. The van der Waals surface area contributed by atoms with Gasteiger partial charge in [0.2, 0.25) is 12.1 Å². The van der Waals surface area contributed by atoms with Crippen LogP contribution in [0, 0.1) is 0 Å². The minimum absolute atomic E-state index is 0.227. The fraction of sp³-hybridized carbons (Fsp3) is 0.273. The summed E-state index contributed by atoms with van der Waals surface area (Å²) < 4.78 is 0. The third kappa shape index (κ3) is 4.83. The Balaban J connectivity index is 2.04. The number of hydrogen-bond acceptors (Lipinski definition) is 4. The monoisotopic (exact) mass is 408 g/mol. The number of fused-ring (bicyclic) bond motifs is 1. The molecule has 3 amide bonds. The third-order valence-electron chi connectivity index (χ3n) is 4.67. The zero-order valence-corrected chi connectivity index (χ0v) is 16.7. The van der Waals surface area contributed by atoms with Crippen molar-refractivity contribution < 1.29 is 19.5 Å². The Bertz CT molecular complexity index is 959. The van der Waals surface area contributed by atoms with Gasteiger partial charge in [0.25, 0.3) is 5.91 Å². The predicted molar refractivity (Wildman–Crippen MR) is 114 cm³/mol. The Morgan fingerprint density at radius 1 is 1.10 bits per heavy atom. The average Bonchev–Trinajstić information content (AvgIpc) is 2.85. The number of rotatable bonds is 7. The SMILES string of the molecule is CCCCNC(=O)CN1C(=O)C(NC(=O)O)N=C(c2ccccc2)c2ccccc21. The lowest BCUT2D eigenvalue weighted by atomic mass is 10.0. The van der Waals surface area contributed by atoms with E-state index in [4.69, 9.17) is 0 Å². The van der Waals surface area contributed by atoms with Crippen molar-refractivity contribution in [2.24, 2.45) is 4.99 Å². The second-order valence-corrected chi connectivity index (χ2v) is 6.84. The molecule has 0 spiro atoms. The van der Waals surface area contributed by atoms with Gasteiger partial charge in [-0.2, -0.15) is 0 Å². The number of hydrogen-bond donors (Lipinski definition) is 3. The lowest BCUT2D eigenvalue weighted by Gasteiger charge is -2.24. The number of nitrogens with zero attached hydrogens (tertiary/aromatic N) is 2. The summed E-state index contributed by atoms with van der Waals surface area (Å²) in [6.07, 6.45) is -0.970. The Morgan fingerprint density at radius 2 is 1.80 bits per heavy atom. The van der Waals surface area contributed by atoms with Crippen LogP contribution in [0.25, 0.3) is 0 Å². The Labute approximate surface area is 174 Å². The first-order valence-electron chi connectivity index (χ1n) is 9.81. The first-order valence-corrected chi connectivity index (χ1v) is 9.81. The van der Waals surface area contributed by atoms with Gasteiger partial charge >= 0.3 is 6.09 Å².